The van der Waals surface area contributed by atoms with Gasteiger partial charge >= 0.3 is 24.3 Å². The molecule has 1 unspecified atom stereocenters. The predicted octanol–water partition coefficient (Wildman–Crippen LogP) is 3.99. The van der Waals surface area contributed by atoms with Crippen molar-refractivity contribution < 1.29 is 60.8 Å². The largest absolute Gasteiger partial charge is 0.573 e. The molecule has 0 aliphatic carbocycles. The van der Waals surface area contributed by atoms with E-state index in [2.05, 4.69) is 10.1 Å². The zero-order valence-electron chi connectivity index (χ0n) is 27.3. The standard InChI is InChI=1S/C32H43F3N2O10/c1-7-19(2)11-16-26(44-20(3)38)27(45-21(4)39)28(46-22(5)40)29(43-6)30(41)36-25-10-8-9-17-37(31(25)42)18-23-12-14-24(15-13-23)47-32(33,34)35/h11-16,19,25-29H,7-10,17-18H2,1-6H3,(H,36,41)/t19?,25-,26+,27-,28+,29+/m0/s1. The summed E-state index contributed by atoms with van der Waals surface area (Å²) in [5, 5.41) is 2.65. The zero-order valence-corrected chi connectivity index (χ0v) is 27.3. The molecule has 1 aromatic carbocycles. The van der Waals surface area contributed by atoms with E-state index in [4.69, 9.17) is 18.9 Å². The minimum Gasteiger partial charge on any atom is -0.455 e. The highest BCUT2D eigenvalue weighted by molar-refractivity contribution is 5.90. The number of nitrogens with zero attached hydrogens (tertiary/aromatic N) is 1. The minimum atomic E-state index is -4.84. The van der Waals surface area contributed by atoms with E-state index < -0.39 is 72.3 Å². The molecule has 0 aromatic heterocycles. The molecule has 1 N–H and O–H groups in total. The number of hydrogen-bond acceptors (Lipinski definition) is 10. The second-order valence-electron chi connectivity index (χ2n) is 11.2. The molecule has 1 aliphatic heterocycles. The number of methoxy groups -OCH3 is 1. The summed E-state index contributed by atoms with van der Waals surface area (Å²) < 4.78 is 63.3. The smallest absolute Gasteiger partial charge is 0.455 e. The molecule has 2 rings (SSSR count). The Hall–Kier alpha value is -4.14. The van der Waals surface area contributed by atoms with Crippen LogP contribution in [-0.4, -0.2) is 85.1 Å². The molecule has 2 amide bonds. The van der Waals surface area contributed by atoms with Crippen molar-refractivity contribution in [2.75, 3.05) is 13.7 Å². The van der Waals surface area contributed by atoms with Crippen molar-refractivity contribution >= 4 is 29.7 Å². The minimum absolute atomic E-state index is 0.0371. The number of amides is 2. The van der Waals surface area contributed by atoms with Crippen molar-refractivity contribution in [3.8, 4) is 5.75 Å². The number of esters is 3. The van der Waals surface area contributed by atoms with Crippen LogP contribution < -0.4 is 10.1 Å². The van der Waals surface area contributed by atoms with Crippen LogP contribution in [0.4, 0.5) is 13.2 Å². The highest BCUT2D eigenvalue weighted by atomic mass is 19.4. The lowest BCUT2D eigenvalue weighted by atomic mass is 9.98. The Labute approximate surface area is 271 Å². The van der Waals surface area contributed by atoms with E-state index in [0.29, 0.717) is 24.9 Å². The molecule has 0 saturated carbocycles. The number of carbonyl (C=O) groups excluding carboxylic acids is 5. The molecule has 47 heavy (non-hydrogen) atoms. The summed E-state index contributed by atoms with van der Waals surface area (Å²) in [6, 6.07) is 4.06. The molecule has 1 fully saturated rings. The highest BCUT2D eigenvalue weighted by Crippen LogP contribution is 2.25. The summed E-state index contributed by atoms with van der Waals surface area (Å²) in [5.74, 6) is -4.07. The number of carbonyl (C=O) groups is 5. The number of nitrogens with one attached hydrogen (secondary N) is 1. The van der Waals surface area contributed by atoms with Crippen LogP contribution in [0.15, 0.2) is 36.4 Å². The Kier molecular flexibility index (Phi) is 15.2. The molecule has 6 atom stereocenters. The van der Waals surface area contributed by atoms with Crippen molar-refractivity contribution in [3.05, 3.63) is 42.0 Å². The van der Waals surface area contributed by atoms with Gasteiger partial charge in [0.05, 0.1) is 0 Å². The Balaban J connectivity index is 2.35. The Morgan fingerprint density at radius 2 is 1.55 bits per heavy atom. The van der Waals surface area contributed by atoms with E-state index in [0.717, 1.165) is 46.4 Å². The Morgan fingerprint density at radius 3 is 2.09 bits per heavy atom. The summed E-state index contributed by atoms with van der Waals surface area (Å²) in [5.41, 5.74) is 0.538. The first-order chi connectivity index (χ1) is 22.0. The van der Waals surface area contributed by atoms with Crippen LogP contribution in [0.25, 0.3) is 0 Å². The number of rotatable bonds is 15. The second-order valence-corrected chi connectivity index (χ2v) is 11.2. The van der Waals surface area contributed by atoms with Crippen molar-refractivity contribution in [1.29, 1.82) is 0 Å². The van der Waals surface area contributed by atoms with Gasteiger partial charge in [0.15, 0.2) is 24.4 Å². The van der Waals surface area contributed by atoms with E-state index in [1.165, 1.54) is 23.1 Å². The first kappa shape index (κ1) is 39.0. The van der Waals surface area contributed by atoms with E-state index in [9.17, 15) is 37.1 Å². The molecular weight excluding hydrogens is 629 g/mol. The van der Waals surface area contributed by atoms with Crippen LogP contribution in [0.1, 0.15) is 65.9 Å². The van der Waals surface area contributed by atoms with Crippen LogP contribution in [0.2, 0.25) is 0 Å². The van der Waals surface area contributed by atoms with E-state index in [1.54, 1.807) is 6.08 Å². The van der Waals surface area contributed by atoms with Gasteiger partial charge in [-0.3, -0.25) is 24.0 Å². The summed E-state index contributed by atoms with van der Waals surface area (Å²) in [4.78, 5) is 65.2. The first-order valence-electron chi connectivity index (χ1n) is 15.2. The number of alkyl halides is 3. The third-order valence-corrected chi connectivity index (χ3v) is 7.27. The molecule has 1 aliphatic rings. The number of likely N-dealkylation sites (tertiary alicyclic amines) is 1. The van der Waals surface area contributed by atoms with Gasteiger partial charge in [-0.15, -0.1) is 13.2 Å². The maximum atomic E-state index is 13.7. The Bertz CT molecular complexity index is 1250. The van der Waals surface area contributed by atoms with Gasteiger partial charge in [-0.05, 0) is 49.0 Å². The second kappa shape index (κ2) is 18.3. The van der Waals surface area contributed by atoms with E-state index in [1.807, 2.05) is 13.8 Å². The number of halogens is 3. The number of allylic oxidation sites excluding steroid dienone is 1. The lowest BCUT2D eigenvalue weighted by Crippen LogP contribution is -2.58. The molecular formula is C32H43F3N2O10. The van der Waals surface area contributed by atoms with Crippen molar-refractivity contribution in [3.63, 3.8) is 0 Å². The number of ether oxygens (including phenoxy) is 5. The molecule has 0 radical (unpaired) electrons. The van der Waals surface area contributed by atoms with Crippen molar-refractivity contribution in [2.45, 2.75) is 104 Å². The van der Waals surface area contributed by atoms with Gasteiger partial charge in [-0.2, -0.15) is 0 Å². The summed E-state index contributed by atoms with van der Waals surface area (Å²) in [6.07, 6.45) is -5.50. The van der Waals surface area contributed by atoms with Crippen LogP contribution in [-0.2, 0) is 49.5 Å². The molecule has 15 heteroatoms. The zero-order chi connectivity index (χ0) is 35.3. The van der Waals surface area contributed by atoms with Crippen molar-refractivity contribution in [1.82, 2.24) is 10.2 Å². The first-order valence-corrected chi connectivity index (χ1v) is 15.2. The van der Waals surface area contributed by atoms with Crippen LogP contribution >= 0.6 is 0 Å². The SMILES string of the molecule is CCC(C)C=C[C@@H](OC(C)=O)[C@H](OC(C)=O)[C@@H](OC(C)=O)[C@@H](OC)C(=O)N[C@H]1CCCCN(Cc2ccc(OC(F)(F)F)cc2)C1=O. The molecule has 0 spiro atoms. The van der Waals surface area contributed by atoms with Gasteiger partial charge in [0.2, 0.25) is 5.91 Å². The normalized spacial score (nSPS) is 18.7. The van der Waals surface area contributed by atoms with Crippen LogP contribution in [0, 0.1) is 5.92 Å². The Morgan fingerprint density at radius 1 is 0.957 bits per heavy atom. The summed E-state index contributed by atoms with van der Waals surface area (Å²) in [6.45, 7) is 7.54. The van der Waals surface area contributed by atoms with Gasteiger partial charge in [0.25, 0.3) is 5.91 Å². The molecule has 1 aromatic rings. The van der Waals surface area contributed by atoms with Gasteiger partial charge in [-0.25, -0.2) is 0 Å². The number of hydrogen-bond donors (Lipinski definition) is 1. The quantitative estimate of drug-likeness (QED) is 0.165. The van der Waals surface area contributed by atoms with Gasteiger partial charge in [-0.1, -0.05) is 38.5 Å². The molecule has 0 bridgehead atoms. The summed E-state index contributed by atoms with van der Waals surface area (Å²) >= 11 is 0. The fourth-order valence-electron chi connectivity index (χ4n) is 4.91. The molecule has 1 heterocycles. The van der Waals surface area contributed by atoms with Crippen LogP contribution in [0.3, 0.4) is 0 Å². The fourth-order valence-corrected chi connectivity index (χ4v) is 4.91. The lowest BCUT2D eigenvalue weighted by Gasteiger charge is -2.34. The summed E-state index contributed by atoms with van der Waals surface area (Å²) in [7, 11) is 1.16. The topological polar surface area (TPSA) is 147 Å². The lowest BCUT2D eigenvalue weighted by molar-refractivity contribution is -0.274. The van der Waals surface area contributed by atoms with E-state index in [-0.39, 0.29) is 18.9 Å². The van der Waals surface area contributed by atoms with Gasteiger partial charge in [0.1, 0.15) is 11.8 Å². The predicted molar refractivity (Wildman–Crippen MR) is 160 cm³/mol. The maximum absolute atomic E-state index is 13.7. The highest BCUT2D eigenvalue weighted by Gasteiger charge is 2.45. The third kappa shape index (κ3) is 13.2. The third-order valence-electron chi connectivity index (χ3n) is 7.27. The molecule has 12 nitrogen and oxygen atoms in total. The molecule has 1 saturated heterocycles. The van der Waals surface area contributed by atoms with Crippen LogP contribution in [0.5, 0.6) is 5.75 Å². The average Bonchev–Trinajstić information content (AvgIpc) is 3.14. The van der Waals surface area contributed by atoms with E-state index >= 15 is 0 Å². The maximum Gasteiger partial charge on any atom is 0.573 e. The van der Waals surface area contributed by atoms with Gasteiger partial charge < -0.3 is 33.9 Å². The number of benzene rings is 1. The fraction of sp³-hybridized carbons (Fsp3) is 0.594. The average molecular weight is 673 g/mol. The monoisotopic (exact) mass is 672 g/mol. The molecule has 262 valence electrons. The van der Waals surface area contributed by atoms with Gasteiger partial charge in [0, 0.05) is 41.0 Å². The van der Waals surface area contributed by atoms with Crippen molar-refractivity contribution in [2.24, 2.45) is 5.92 Å².